The van der Waals surface area contributed by atoms with Gasteiger partial charge >= 0.3 is 5.97 Å². The Morgan fingerprint density at radius 2 is 2.00 bits per heavy atom. The summed E-state index contributed by atoms with van der Waals surface area (Å²) in [6.45, 7) is 1.84. The van der Waals surface area contributed by atoms with E-state index in [1.165, 1.54) is 18.9 Å². The number of carbonyl (C=O) groups is 1. The molecular formula is C13H13N3O2S. The van der Waals surface area contributed by atoms with Crippen LogP contribution in [0.3, 0.4) is 0 Å². The SMILES string of the molecule is COC(=O)c1cc(Sc2ncccn2)cc(C)c1N. The lowest BCUT2D eigenvalue weighted by atomic mass is 10.1. The van der Waals surface area contributed by atoms with Crippen molar-refractivity contribution in [1.82, 2.24) is 9.97 Å². The molecule has 0 aliphatic carbocycles. The van der Waals surface area contributed by atoms with Gasteiger partial charge in [0.15, 0.2) is 5.16 Å². The summed E-state index contributed by atoms with van der Waals surface area (Å²) in [4.78, 5) is 20.7. The first kappa shape index (κ1) is 13.4. The Labute approximate surface area is 115 Å². The lowest BCUT2D eigenvalue weighted by Crippen LogP contribution is -2.07. The fraction of sp³-hybridized carbons (Fsp3) is 0.154. The molecule has 98 valence electrons. The van der Waals surface area contributed by atoms with Gasteiger partial charge in [-0.2, -0.15) is 0 Å². The van der Waals surface area contributed by atoms with Crippen LogP contribution in [0.1, 0.15) is 15.9 Å². The molecule has 0 radical (unpaired) electrons. The topological polar surface area (TPSA) is 78.1 Å². The summed E-state index contributed by atoms with van der Waals surface area (Å²) in [7, 11) is 1.33. The summed E-state index contributed by atoms with van der Waals surface area (Å²) in [5.41, 5.74) is 7.50. The first-order valence-electron chi connectivity index (χ1n) is 5.55. The molecule has 0 amide bonds. The maximum absolute atomic E-state index is 11.6. The maximum Gasteiger partial charge on any atom is 0.340 e. The average Bonchev–Trinajstić information content (AvgIpc) is 2.43. The van der Waals surface area contributed by atoms with Crippen LogP contribution >= 0.6 is 11.8 Å². The average molecular weight is 275 g/mol. The highest BCUT2D eigenvalue weighted by atomic mass is 32.2. The Balaban J connectivity index is 2.37. The van der Waals surface area contributed by atoms with Crippen molar-refractivity contribution in [3.05, 3.63) is 41.7 Å². The number of esters is 1. The molecule has 2 rings (SSSR count). The van der Waals surface area contributed by atoms with Crippen LogP contribution in [0.4, 0.5) is 5.69 Å². The molecule has 0 aliphatic heterocycles. The summed E-state index contributed by atoms with van der Waals surface area (Å²) >= 11 is 1.37. The maximum atomic E-state index is 11.6. The number of carbonyl (C=O) groups excluding carboxylic acids is 1. The first-order valence-corrected chi connectivity index (χ1v) is 6.36. The van der Waals surface area contributed by atoms with Crippen molar-refractivity contribution < 1.29 is 9.53 Å². The van der Waals surface area contributed by atoms with Crippen molar-refractivity contribution >= 4 is 23.4 Å². The Morgan fingerprint density at radius 1 is 1.32 bits per heavy atom. The number of nitrogen functional groups attached to an aromatic ring is 1. The fourth-order valence-electron chi connectivity index (χ4n) is 1.55. The number of aryl methyl sites for hydroxylation is 1. The largest absolute Gasteiger partial charge is 0.465 e. The number of methoxy groups -OCH3 is 1. The van der Waals surface area contributed by atoms with Crippen LogP contribution < -0.4 is 5.73 Å². The van der Waals surface area contributed by atoms with Crippen LogP contribution in [0, 0.1) is 6.92 Å². The smallest absolute Gasteiger partial charge is 0.340 e. The zero-order valence-corrected chi connectivity index (χ0v) is 11.4. The van der Waals surface area contributed by atoms with E-state index in [2.05, 4.69) is 9.97 Å². The summed E-state index contributed by atoms with van der Waals surface area (Å²) in [6.07, 6.45) is 3.33. The van der Waals surface area contributed by atoms with Gasteiger partial charge in [-0.05, 0) is 42.4 Å². The van der Waals surface area contributed by atoms with Crippen LogP contribution in [0.25, 0.3) is 0 Å². The Kier molecular flexibility index (Phi) is 4.01. The summed E-state index contributed by atoms with van der Waals surface area (Å²) in [6, 6.07) is 5.33. The number of aromatic nitrogens is 2. The molecule has 0 bridgehead atoms. The zero-order chi connectivity index (χ0) is 13.8. The van der Waals surface area contributed by atoms with E-state index in [4.69, 9.17) is 10.5 Å². The van der Waals surface area contributed by atoms with Gasteiger partial charge in [-0.25, -0.2) is 14.8 Å². The van der Waals surface area contributed by atoms with E-state index >= 15 is 0 Å². The third-order valence-electron chi connectivity index (χ3n) is 2.52. The number of hydrogen-bond donors (Lipinski definition) is 1. The molecule has 6 heteroatoms. The lowest BCUT2D eigenvalue weighted by Gasteiger charge is -2.09. The van der Waals surface area contributed by atoms with E-state index in [0.717, 1.165) is 10.5 Å². The van der Waals surface area contributed by atoms with Crippen molar-refractivity contribution in [1.29, 1.82) is 0 Å². The quantitative estimate of drug-likeness (QED) is 0.526. The molecule has 2 N–H and O–H groups in total. The lowest BCUT2D eigenvalue weighted by molar-refractivity contribution is 0.0601. The highest BCUT2D eigenvalue weighted by molar-refractivity contribution is 7.99. The highest BCUT2D eigenvalue weighted by Crippen LogP contribution is 2.30. The molecule has 0 unspecified atom stereocenters. The van der Waals surface area contributed by atoms with Gasteiger partial charge in [0.1, 0.15) is 0 Å². The summed E-state index contributed by atoms with van der Waals surface area (Å²) in [5.74, 6) is -0.447. The molecule has 5 nitrogen and oxygen atoms in total. The molecule has 19 heavy (non-hydrogen) atoms. The van der Waals surface area contributed by atoms with Crippen molar-refractivity contribution in [2.45, 2.75) is 17.0 Å². The standard InChI is InChI=1S/C13H13N3O2S/c1-8-6-9(19-13-15-4-3-5-16-13)7-10(11(8)14)12(17)18-2/h3-7H,14H2,1-2H3. The Morgan fingerprint density at radius 3 is 2.63 bits per heavy atom. The van der Waals surface area contributed by atoms with E-state index in [0.29, 0.717) is 16.4 Å². The molecule has 1 heterocycles. The molecule has 0 saturated heterocycles. The van der Waals surface area contributed by atoms with Crippen LogP contribution in [-0.2, 0) is 4.74 Å². The molecule has 2 aromatic rings. The second-order valence-corrected chi connectivity index (χ2v) is 4.87. The Hall–Kier alpha value is -2.08. The van der Waals surface area contributed by atoms with Gasteiger partial charge < -0.3 is 10.5 Å². The second-order valence-electron chi connectivity index (χ2n) is 3.83. The van der Waals surface area contributed by atoms with E-state index in [9.17, 15) is 4.79 Å². The van der Waals surface area contributed by atoms with Crippen LogP contribution in [0.15, 0.2) is 40.6 Å². The number of benzene rings is 1. The Bertz CT molecular complexity index is 602. The van der Waals surface area contributed by atoms with Crippen LogP contribution in [-0.4, -0.2) is 23.0 Å². The number of nitrogens with two attached hydrogens (primary N) is 1. The fourth-order valence-corrected chi connectivity index (χ4v) is 2.40. The van der Waals surface area contributed by atoms with E-state index < -0.39 is 5.97 Å². The minimum absolute atomic E-state index is 0.362. The zero-order valence-electron chi connectivity index (χ0n) is 10.6. The summed E-state index contributed by atoms with van der Waals surface area (Å²) < 4.78 is 4.72. The second kappa shape index (κ2) is 5.71. The van der Waals surface area contributed by atoms with Gasteiger partial charge in [0.05, 0.1) is 12.7 Å². The van der Waals surface area contributed by atoms with E-state index in [1.54, 1.807) is 24.5 Å². The minimum Gasteiger partial charge on any atom is -0.465 e. The van der Waals surface area contributed by atoms with Crippen molar-refractivity contribution in [2.24, 2.45) is 0 Å². The van der Waals surface area contributed by atoms with Gasteiger partial charge in [-0.3, -0.25) is 0 Å². The summed E-state index contributed by atoms with van der Waals surface area (Å²) in [5, 5.41) is 0.613. The van der Waals surface area contributed by atoms with Crippen molar-refractivity contribution in [2.75, 3.05) is 12.8 Å². The molecule has 0 fully saturated rings. The van der Waals surface area contributed by atoms with Gasteiger partial charge in [0.2, 0.25) is 0 Å². The van der Waals surface area contributed by atoms with Crippen molar-refractivity contribution in [3.63, 3.8) is 0 Å². The molecule has 0 spiro atoms. The van der Waals surface area contributed by atoms with Gasteiger partial charge in [0.25, 0.3) is 0 Å². The number of ether oxygens (including phenoxy) is 1. The monoisotopic (exact) mass is 275 g/mol. The van der Waals surface area contributed by atoms with Crippen molar-refractivity contribution in [3.8, 4) is 0 Å². The molecule has 1 aromatic heterocycles. The molecule has 0 saturated carbocycles. The number of hydrogen-bond acceptors (Lipinski definition) is 6. The minimum atomic E-state index is -0.447. The van der Waals surface area contributed by atoms with Crippen LogP contribution in [0.2, 0.25) is 0 Å². The third-order valence-corrected chi connectivity index (χ3v) is 3.38. The van der Waals surface area contributed by atoms with Crippen LogP contribution in [0.5, 0.6) is 0 Å². The molecule has 0 aliphatic rings. The third kappa shape index (κ3) is 3.03. The number of anilines is 1. The van der Waals surface area contributed by atoms with E-state index in [-0.39, 0.29) is 0 Å². The molecular weight excluding hydrogens is 262 g/mol. The van der Waals surface area contributed by atoms with E-state index in [1.807, 2.05) is 13.0 Å². The predicted molar refractivity (Wildman–Crippen MR) is 73.1 cm³/mol. The van der Waals surface area contributed by atoms with Gasteiger partial charge in [-0.1, -0.05) is 0 Å². The highest BCUT2D eigenvalue weighted by Gasteiger charge is 2.14. The number of rotatable bonds is 3. The predicted octanol–water partition coefficient (Wildman–Crippen LogP) is 2.31. The van der Waals surface area contributed by atoms with Gasteiger partial charge in [-0.15, -0.1) is 0 Å². The molecule has 1 aromatic carbocycles. The first-order chi connectivity index (χ1) is 9.11. The number of nitrogens with zero attached hydrogens (tertiary/aromatic N) is 2. The molecule has 0 atom stereocenters. The normalized spacial score (nSPS) is 10.2. The van der Waals surface area contributed by atoms with Gasteiger partial charge in [0, 0.05) is 23.0 Å².